The van der Waals surface area contributed by atoms with E-state index in [1.165, 1.54) is 6.26 Å². The molecule has 0 saturated carbocycles. The van der Waals surface area contributed by atoms with Crippen molar-refractivity contribution in [3.63, 3.8) is 0 Å². The first-order chi connectivity index (χ1) is 8.65. The molecule has 0 spiro atoms. The van der Waals surface area contributed by atoms with Crippen LogP contribution in [-0.2, 0) is 0 Å². The first kappa shape index (κ1) is 12.9. The van der Waals surface area contributed by atoms with Crippen molar-refractivity contribution in [3.8, 4) is 0 Å². The maximum Gasteiger partial charge on any atom is 0.258 e. The number of amides is 1. The van der Waals surface area contributed by atoms with Crippen molar-refractivity contribution in [2.75, 3.05) is 6.54 Å². The van der Waals surface area contributed by atoms with Gasteiger partial charge in [0.15, 0.2) is 10.5 Å². The molecule has 1 saturated heterocycles. The molecule has 2 heterocycles. The van der Waals surface area contributed by atoms with Crippen molar-refractivity contribution >= 4 is 27.7 Å². The zero-order valence-corrected chi connectivity index (χ0v) is 11.3. The van der Waals surface area contributed by atoms with Crippen LogP contribution in [0.3, 0.4) is 0 Å². The van der Waals surface area contributed by atoms with Gasteiger partial charge in [0.25, 0.3) is 5.91 Å². The molecule has 0 radical (unpaired) electrons. The van der Waals surface area contributed by atoms with Gasteiger partial charge >= 0.3 is 0 Å². The van der Waals surface area contributed by atoms with Crippen LogP contribution in [0.1, 0.15) is 29.6 Å². The Labute approximate surface area is 113 Å². The first-order valence-electron chi connectivity index (χ1n) is 5.66. The molecule has 7 heteroatoms. The van der Waals surface area contributed by atoms with Gasteiger partial charge in [-0.05, 0) is 41.3 Å². The Hall–Kier alpha value is -1.50. The molecule has 98 valence electrons. The highest BCUT2D eigenvalue weighted by Crippen LogP contribution is 2.24. The summed E-state index contributed by atoms with van der Waals surface area (Å²) in [6.45, 7) is 0.595. The van der Waals surface area contributed by atoms with E-state index in [1.807, 2.05) is 0 Å². The van der Waals surface area contributed by atoms with E-state index < -0.39 is 0 Å². The number of furan rings is 1. The van der Waals surface area contributed by atoms with E-state index in [0.717, 1.165) is 12.8 Å². The fourth-order valence-electron chi connectivity index (χ4n) is 2.15. The van der Waals surface area contributed by atoms with Gasteiger partial charge in [0.1, 0.15) is 0 Å². The zero-order chi connectivity index (χ0) is 13.1. The predicted octanol–water partition coefficient (Wildman–Crippen LogP) is 1.78. The highest BCUT2D eigenvalue weighted by Gasteiger charge is 2.31. The topological polar surface area (TPSA) is 92.1 Å². The van der Waals surface area contributed by atoms with Crippen LogP contribution in [0.15, 0.2) is 26.6 Å². The molecule has 0 bridgehead atoms. The molecule has 2 rings (SSSR count). The summed E-state index contributed by atoms with van der Waals surface area (Å²) in [5.74, 6) is -0.102. The summed E-state index contributed by atoms with van der Waals surface area (Å²) in [4.78, 5) is 14.0. The molecule has 3 N–H and O–H groups in total. The van der Waals surface area contributed by atoms with Crippen molar-refractivity contribution < 1.29 is 14.4 Å². The maximum absolute atomic E-state index is 12.4. The number of carbonyl (C=O) groups excluding carboxylic acids is 1. The first-order valence-corrected chi connectivity index (χ1v) is 6.46. The Morgan fingerprint density at radius 2 is 2.39 bits per heavy atom. The summed E-state index contributed by atoms with van der Waals surface area (Å²) in [5.41, 5.74) is 6.09. The van der Waals surface area contributed by atoms with Gasteiger partial charge in [-0.1, -0.05) is 5.16 Å². The lowest BCUT2D eigenvalue weighted by atomic mass is 10.0. The SMILES string of the molecule is N/C(=N/O)C1CCCCN1C(=O)c1ccoc1Br. The Morgan fingerprint density at radius 3 is 3.00 bits per heavy atom. The molecule has 1 aliphatic heterocycles. The molecule has 18 heavy (non-hydrogen) atoms. The average molecular weight is 316 g/mol. The predicted molar refractivity (Wildman–Crippen MR) is 68.5 cm³/mol. The normalized spacial score (nSPS) is 21.1. The van der Waals surface area contributed by atoms with E-state index in [4.69, 9.17) is 15.4 Å². The van der Waals surface area contributed by atoms with Gasteiger partial charge in [-0.15, -0.1) is 0 Å². The average Bonchev–Trinajstić information content (AvgIpc) is 2.83. The summed E-state index contributed by atoms with van der Waals surface area (Å²) in [7, 11) is 0. The van der Waals surface area contributed by atoms with Gasteiger partial charge in [0.05, 0.1) is 17.9 Å². The molecular formula is C11H14BrN3O3. The third kappa shape index (κ3) is 2.35. The van der Waals surface area contributed by atoms with Gasteiger partial charge in [-0.3, -0.25) is 4.79 Å². The molecular weight excluding hydrogens is 302 g/mol. The fourth-order valence-corrected chi connectivity index (χ4v) is 2.56. The van der Waals surface area contributed by atoms with Crippen LogP contribution in [0.4, 0.5) is 0 Å². The number of nitrogens with two attached hydrogens (primary N) is 1. The molecule has 1 aliphatic rings. The lowest BCUT2D eigenvalue weighted by molar-refractivity contribution is 0.0674. The highest BCUT2D eigenvalue weighted by atomic mass is 79.9. The number of hydrogen-bond donors (Lipinski definition) is 2. The summed E-state index contributed by atoms with van der Waals surface area (Å²) in [5, 5.41) is 11.8. The number of carbonyl (C=O) groups is 1. The van der Waals surface area contributed by atoms with Gasteiger partial charge in [-0.2, -0.15) is 0 Å². The van der Waals surface area contributed by atoms with Gasteiger partial charge < -0.3 is 20.3 Å². The van der Waals surface area contributed by atoms with Crippen LogP contribution in [0.2, 0.25) is 0 Å². The summed E-state index contributed by atoms with van der Waals surface area (Å²) < 4.78 is 5.46. The third-order valence-electron chi connectivity index (χ3n) is 3.07. The van der Waals surface area contributed by atoms with Gasteiger partial charge in [0.2, 0.25) is 0 Å². The van der Waals surface area contributed by atoms with Gasteiger partial charge in [0, 0.05) is 6.54 Å². The highest BCUT2D eigenvalue weighted by molar-refractivity contribution is 9.10. The monoisotopic (exact) mass is 315 g/mol. The van der Waals surface area contributed by atoms with Gasteiger partial charge in [-0.25, -0.2) is 0 Å². The minimum absolute atomic E-state index is 0.0719. The molecule has 1 amide bonds. The quantitative estimate of drug-likeness (QED) is 0.376. The summed E-state index contributed by atoms with van der Waals surface area (Å²) in [6.07, 6.45) is 4.02. The van der Waals surface area contributed by atoms with Crippen LogP contribution in [0.5, 0.6) is 0 Å². The van der Waals surface area contributed by atoms with Crippen LogP contribution >= 0.6 is 15.9 Å². The van der Waals surface area contributed by atoms with E-state index in [0.29, 0.717) is 23.2 Å². The fraction of sp³-hybridized carbons (Fsp3) is 0.455. The number of oxime groups is 1. The van der Waals surface area contributed by atoms with Crippen LogP contribution in [0, 0.1) is 0 Å². The molecule has 1 fully saturated rings. The van der Waals surface area contributed by atoms with Crippen molar-refractivity contribution in [2.45, 2.75) is 25.3 Å². The van der Waals surface area contributed by atoms with Crippen molar-refractivity contribution in [1.82, 2.24) is 4.90 Å². The number of rotatable bonds is 2. The number of halogens is 1. The van der Waals surface area contributed by atoms with Crippen molar-refractivity contribution in [1.29, 1.82) is 0 Å². The number of amidine groups is 1. The minimum atomic E-state index is -0.349. The molecule has 1 unspecified atom stereocenters. The Bertz CT molecular complexity index is 472. The second kappa shape index (κ2) is 5.43. The van der Waals surface area contributed by atoms with E-state index in [-0.39, 0.29) is 17.8 Å². The molecule has 1 aromatic rings. The smallest absolute Gasteiger partial charge is 0.258 e. The second-order valence-corrected chi connectivity index (χ2v) is 4.86. The molecule has 1 aromatic heterocycles. The number of piperidine rings is 1. The van der Waals surface area contributed by atoms with E-state index in [2.05, 4.69) is 21.1 Å². The van der Waals surface area contributed by atoms with Crippen LogP contribution < -0.4 is 5.73 Å². The minimum Gasteiger partial charge on any atom is -0.457 e. The van der Waals surface area contributed by atoms with Crippen molar-refractivity contribution in [2.24, 2.45) is 10.9 Å². The number of nitrogens with zero attached hydrogens (tertiary/aromatic N) is 2. The van der Waals surface area contributed by atoms with E-state index in [9.17, 15) is 4.79 Å². The van der Waals surface area contributed by atoms with Crippen LogP contribution in [0.25, 0.3) is 0 Å². The Balaban J connectivity index is 2.24. The summed E-state index contributed by atoms with van der Waals surface area (Å²) >= 11 is 3.18. The number of likely N-dealkylation sites (tertiary alicyclic amines) is 1. The molecule has 0 aliphatic carbocycles. The Kier molecular flexibility index (Phi) is 3.90. The van der Waals surface area contributed by atoms with E-state index >= 15 is 0 Å². The Morgan fingerprint density at radius 1 is 1.61 bits per heavy atom. The third-order valence-corrected chi connectivity index (χ3v) is 3.68. The van der Waals surface area contributed by atoms with Crippen molar-refractivity contribution in [3.05, 3.63) is 22.6 Å². The second-order valence-electron chi connectivity index (χ2n) is 4.14. The molecule has 6 nitrogen and oxygen atoms in total. The molecule has 0 aromatic carbocycles. The lowest BCUT2D eigenvalue weighted by Gasteiger charge is -2.34. The summed E-state index contributed by atoms with van der Waals surface area (Å²) in [6, 6.07) is 1.25. The van der Waals surface area contributed by atoms with E-state index in [1.54, 1.807) is 11.0 Å². The standard InChI is InChI=1S/C11H14BrN3O3/c12-9-7(4-6-18-9)11(16)15-5-2-1-3-8(15)10(13)14-17/h4,6,8,17H,1-3,5H2,(H2,13,14). The maximum atomic E-state index is 12.4. The number of hydrogen-bond acceptors (Lipinski definition) is 4. The van der Waals surface area contributed by atoms with Crippen LogP contribution in [-0.4, -0.2) is 34.4 Å². The largest absolute Gasteiger partial charge is 0.457 e. The lowest BCUT2D eigenvalue weighted by Crippen LogP contribution is -2.50. The molecule has 1 atom stereocenters. The zero-order valence-electron chi connectivity index (χ0n) is 9.67.